The molecule has 0 aliphatic carbocycles. The zero-order valence-corrected chi connectivity index (χ0v) is 20.3. The van der Waals surface area contributed by atoms with E-state index in [4.69, 9.17) is 4.74 Å². The van der Waals surface area contributed by atoms with Gasteiger partial charge in [-0.3, -0.25) is 9.59 Å². The second kappa shape index (κ2) is 10.6. The van der Waals surface area contributed by atoms with Crippen LogP contribution in [0.15, 0.2) is 47.4 Å². The van der Waals surface area contributed by atoms with Crippen LogP contribution in [-0.4, -0.2) is 51.3 Å². The monoisotopic (exact) mass is 485 g/mol. The van der Waals surface area contributed by atoms with E-state index in [1.54, 1.807) is 23.1 Å². The quantitative estimate of drug-likeness (QED) is 0.589. The lowest BCUT2D eigenvalue weighted by atomic mass is 10.1. The number of amides is 2. The molecule has 0 spiro atoms. The average Bonchev–Trinajstić information content (AvgIpc) is 3.54. The Morgan fingerprint density at radius 3 is 2.56 bits per heavy atom. The van der Waals surface area contributed by atoms with Crippen LogP contribution in [0.2, 0.25) is 0 Å². The summed E-state index contributed by atoms with van der Waals surface area (Å²) >= 11 is 0. The first kappa shape index (κ1) is 24.2. The first-order valence-electron chi connectivity index (χ1n) is 11.7. The minimum absolute atomic E-state index is 0.129. The van der Waals surface area contributed by atoms with E-state index in [9.17, 15) is 18.0 Å². The van der Waals surface area contributed by atoms with Gasteiger partial charge in [-0.25, -0.2) is 8.42 Å². The van der Waals surface area contributed by atoms with Crippen LogP contribution in [-0.2, 0) is 32.6 Å². The van der Waals surface area contributed by atoms with E-state index in [-0.39, 0.29) is 23.1 Å². The maximum absolute atomic E-state index is 12.9. The number of methoxy groups -OCH3 is 1. The molecule has 2 aliphatic heterocycles. The van der Waals surface area contributed by atoms with Crippen LogP contribution in [0.25, 0.3) is 0 Å². The Hall–Kier alpha value is -2.91. The highest BCUT2D eigenvalue weighted by Crippen LogP contribution is 2.27. The number of hydrogen-bond acceptors (Lipinski definition) is 5. The SMILES string of the molecule is COc1ccc(S(=O)(=O)N2CCCC2)cc1CCC(=O)NCc1cccc(N2CCCC2=O)c1. The van der Waals surface area contributed by atoms with E-state index < -0.39 is 10.0 Å². The number of hydrogen-bond donors (Lipinski definition) is 1. The summed E-state index contributed by atoms with van der Waals surface area (Å²) in [5, 5.41) is 2.92. The Labute approximate surface area is 200 Å². The Bertz CT molecular complexity index is 1160. The number of nitrogens with zero attached hydrogens (tertiary/aromatic N) is 2. The summed E-state index contributed by atoms with van der Waals surface area (Å²) in [5.74, 6) is 0.553. The molecule has 2 aromatic carbocycles. The van der Waals surface area contributed by atoms with Crippen molar-refractivity contribution in [3.8, 4) is 5.75 Å². The van der Waals surface area contributed by atoms with Gasteiger partial charge in [-0.05, 0) is 67.1 Å². The molecular formula is C25H31N3O5S. The van der Waals surface area contributed by atoms with E-state index in [0.717, 1.165) is 37.1 Å². The molecule has 4 rings (SSSR count). The molecule has 2 amide bonds. The van der Waals surface area contributed by atoms with Crippen molar-refractivity contribution in [3.63, 3.8) is 0 Å². The van der Waals surface area contributed by atoms with Gasteiger partial charge in [0.15, 0.2) is 0 Å². The normalized spacial score (nSPS) is 16.7. The van der Waals surface area contributed by atoms with Crippen molar-refractivity contribution in [2.45, 2.75) is 50.0 Å². The molecule has 0 atom stereocenters. The van der Waals surface area contributed by atoms with Crippen molar-refractivity contribution in [1.29, 1.82) is 0 Å². The molecule has 0 saturated carbocycles. The molecule has 2 saturated heterocycles. The highest BCUT2D eigenvalue weighted by atomic mass is 32.2. The molecule has 0 radical (unpaired) electrons. The molecule has 0 aromatic heterocycles. The molecule has 2 fully saturated rings. The van der Waals surface area contributed by atoms with Crippen LogP contribution in [0, 0.1) is 0 Å². The molecule has 182 valence electrons. The highest BCUT2D eigenvalue weighted by molar-refractivity contribution is 7.89. The summed E-state index contributed by atoms with van der Waals surface area (Å²) in [6.07, 6.45) is 3.75. The Kier molecular flexibility index (Phi) is 7.53. The average molecular weight is 486 g/mol. The van der Waals surface area contributed by atoms with E-state index in [0.29, 0.717) is 43.8 Å². The van der Waals surface area contributed by atoms with Gasteiger partial charge < -0.3 is 15.0 Å². The number of anilines is 1. The third-order valence-electron chi connectivity index (χ3n) is 6.36. The molecule has 2 heterocycles. The summed E-state index contributed by atoms with van der Waals surface area (Å²) in [5.41, 5.74) is 2.46. The molecule has 0 bridgehead atoms. The number of aryl methyl sites for hydroxylation is 1. The first-order valence-corrected chi connectivity index (χ1v) is 13.2. The molecule has 2 aromatic rings. The van der Waals surface area contributed by atoms with Gasteiger partial charge in [0.2, 0.25) is 21.8 Å². The molecule has 8 nitrogen and oxygen atoms in total. The first-order chi connectivity index (χ1) is 16.4. The van der Waals surface area contributed by atoms with Gasteiger partial charge in [0.05, 0.1) is 12.0 Å². The Morgan fingerprint density at radius 2 is 1.85 bits per heavy atom. The smallest absolute Gasteiger partial charge is 0.243 e. The number of carbonyl (C=O) groups is 2. The molecule has 1 N–H and O–H groups in total. The lowest BCUT2D eigenvalue weighted by Gasteiger charge is -2.17. The molecule has 2 aliphatic rings. The lowest BCUT2D eigenvalue weighted by molar-refractivity contribution is -0.121. The fourth-order valence-electron chi connectivity index (χ4n) is 4.48. The Balaban J connectivity index is 1.37. The van der Waals surface area contributed by atoms with Gasteiger partial charge >= 0.3 is 0 Å². The summed E-state index contributed by atoms with van der Waals surface area (Å²) in [7, 11) is -2.00. The van der Waals surface area contributed by atoms with Gasteiger partial charge in [-0.1, -0.05) is 12.1 Å². The van der Waals surface area contributed by atoms with E-state index >= 15 is 0 Å². The molecule has 0 unspecified atom stereocenters. The molecular weight excluding hydrogens is 454 g/mol. The number of nitrogens with one attached hydrogen (secondary N) is 1. The van der Waals surface area contributed by atoms with E-state index in [2.05, 4.69) is 5.32 Å². The lowest BCUT2D eigenvalue weighted by Crippen LogP contribution is -2.28. The summed E-state index contributed by atoms with van der Waals surface area (Å²) in [6.45, 7) is 2.16. The number of benzene rings is 2. The van der Waals surface area contributed by atoms with Crippen LogP contribution in [0.5, 0.6) is 5.75 Å². The van der Waals surface area contributed by atoms with Gasteiger partial charge in [-0.2, -0.15) is 4.31 Å². The fourth-order valence-corrected chi connectivity index (χ4v) is 6.05. The third kappa shape index (κ3) is 5.42. The van der Waals surface area contributed by atoms with Crippen molar-refractivity contribution in [3.05, 3.63) is 53.6 Å². The van der Waals surface area contributed by atoms with Crippen molar-refractivity contribution < 1.29 is 22.7 Å². The van der Waals surface area contributed by atoms with Crippen LogP contribution >= 0.6 is 0 Å². The minimum Gasteiger partial charge on any atom is -0.496 e. The van der Waals surface area contributed by atoms with Gasteiger partial charge in [0.25, 0.3) is 0 Å². The maximum atomic E-state index is 12.9. The largest absolute Gasteiger partial charge is 0.496 e. The second-order valence-corrected chi connectivity index (χ2v) is 10.6. The number of sulfonamides is 1. The van der Waals surface area contributed by atoms with Gasteiger partial charge in [0.1, 0.15) is 5.75 Å². The van der Waals surface area contributed by atoms with Crippen molar-refractivity contribution in [1.82, 2.24) is 9.62 Å². The standard InChI is InChI=1S/C25H31N3O5S/c1-33-23-11-10-22(34(31,32)27-13-2-3-14-27)17-20(23)9-12-24(29)26-18-19-6-4-7-21(16-19)28-15-5-8-25(28)30/h4,6-7,10-11,16-17H,2-3,5,8-9,12-15,18H2,1H3,(H,26,29). The third-order valence-corrected chi connectivity index (χ3v) is 8.26. The second-order valence-electron chi connectivity index (χ2n) is 8.68. The number of carbonyl (C=O) groups excluding carboxylic acids is 2. The highest BCUT2D eigenvalue weighted by Gasteiger charge is 2.28. The molecule has 34 heavy (non-hydrogen) atoms. The van der Waals surface area contributed by atoms with Crippen LogP contribution < -0.4 is 15.0 Å². The topological polar surface area (TPSA) is 96.0 Å². The van der Waals surface area contributed by atoms with Crippen LogP contribution in [0.4, 0.5) is 5.69 Å². The van der Waals surface area contributed by atoms with E-state index in [1.165, 1.54) is 11.4 Å². The summed E-state index contributed by atoms with van der Waals surface area (Å²) in [6, 6.07) is 12.5. The fraction of sp³-hybridized carbons (Fsp3) is 0.440. The molecule has 9 heteroatoms. The predicted octanol–water partition coefficient (Wildman–Crippen LogP) is 2.86. The van der Waals surface area contributed by atoms with Crippen LogP contribution in [0.3, 0.4) is 0 Å². The van der Waals surface area contributed by atoms with E-state index in [1.807, 2.05) is 24.3 Å². The Morgan fingerprint density at radius 1 is 1.06 bits per heavy atom. The zero-order valence-electron chi connectivity index (χ0n) is 19.5. The van der Waals surface area contributed by atoms with Crippen molar-refractivity contribution in [2.24, 2.45) is 0 Å². The number of ether oxygens (including phenoxy) is 1. The zero-order chi connectivity index (χ0) is 24.1. The number of rotatable bonds is 9. The van der Waals surface area contributed by atoms with Crippen molar-refractivity contribution in [2.75, 3.05) is 31.6 Å². The maximum Gasteiger partial charge on any atom is 0.243 e. The van der Waals surface area contributed by atoms with Crippen LogP contribution in [0.1, 0.15) is 43.2 Å². The minimum atomic E-state index is -3.54. The van der Waals surface area contributed by atoms with Gasteiger partial charge in [0, 0.05) is 44.7 Å². The summed E-state index contributed by atoms with van der Waals surface area (Å²) in [4.78, 5) is 26.5. The van der Waals surface area contributed by atoms with Crippen molar-refractivity contribution >= 4 is 27.5 Å². The predicted molar refractivity (Wildman–Crippen MR) is 129 cm³/mol. The summed E-state index contributed by atoms with van der Waals surface area (Å²) < 4.78 is 32.7. The van der Waals surface area contributed by atoms with Gasteiger partial charge in [-0.15, -0.1) is 0 Å².